The summed E-state index contributed by atoms with van der Waals surface area (Å²) in [5.41, 5.74) is 0. The van der Waals surface area contributed by atoms with E-state index in [0.29, 0.717) is 6.54 Å². The van der Waals surface area contributed by atoms with E-state index in [-0.39, 0.29) is 0 Å². The SMILES string of the molecule is Cc1nnc(CN=C(NCCCN2CCOCC2)NCCSc2ccccc2)n1C. The summed E-state index contributed by atoms with van der Waals surface area (Å²) in [6.45, 7) is 9.00. The molecular weight excluding hydrogens is 398 g/mol. The van der Waals surface area contributed by atoms with Gasteiger partial charge in [-0.25, -0.2) is 4.99 Å². The number of hydrogen-bond acceptors (Lipinski definition) is 6. The first-order valence-corrected chi connectivity index (χ1v) is 11.6. The van der Waals surface area contributed by atoms with Gasteiger partial charge in [-0.15, -0.1) is 22.0 Å². The molecule has 0 atom stereocenters. The van der Waals surface area contributed by atoms with Gasteiger partial charge in [0.1, 0.15) is 12.4 Å². The van der Waals surface area contributed by atoms with Crippen molar-refractivity contribution in [3.05, 3.63) is 42.0 Å². The Balaban J connectivity index is 1.45. The van der Waals surface area contributed by atoms with Crippen LogP contribution in [0, 0.1) is 6.92 Å². The number of aryl methyl sites for hydroxylation is 1. The lowest BCUT2D eigenvalue weighted by molar-refractivity contribution is 0.0376. The number of nitrogens with zero attached hydrogens (tertiary/aromatic N) is 5. The van der Waals surface area contributed by atoms with Crippen molar-refractivity contribution in [2.24, 2.45) is 12.0 Å². The fourth-order valence-corrected chi connectivity index (χ4v) is 3.89. The molecule has 164 valence electrons. The summed E-state index contributed by atoms with van der Waals surface area (Å²) in [5.74, 6) is 3.56. The van der Waals surface area contributed by atoms with Crippen molar-refractivity contribution >= 4 is 17.7 Å². The van der Waals surface area contributed by atoms with Crippen LogP contribution in [-0.4, -0.2) is 77.3 Å². The molecule has 1 aliphatic rings. The van der Waals surface area contributed by atoms with Crippen LogP contribution in [0.25, 0.3) is 0 Å². The molecule has 1 aromatic heterocycles. The van der Waals surface area contributed by atoms with Crippen molar-refractivity contribution in [2.75, 3.05) is 51.7 Å². The van der Waals surface area contributed by atoms with Crippen LogP contribution in [0.4, 0.5) is 0 Å². The molecule has 2 heterocycles. The Labute approximate surface area is 183 Å². The molecular formula is C21H33N7OS. The molecule has 0 spiro atoms. The van der Waals surface area contributed by atoms with E-state index in [1.54, 1.807) is 0 Å². The van der Waals surface area contributed by atoms with Crippen LogP contribution >= 0.6 is 11.8 Å². The van der Waals surface area contributed by atoms with Crippen molar-refractivity contribution in [3.8, 4) is 0 Å². The monoisotopic (exact) mass is 431 g/mol. The van der Waals surface area contributed by atoms with Crippen molar-refractivity contribution in [1.82, 2.24) is 30.3 Å². The minimum atomic E-state index is 0.502. The number of rotatable bonds is 10. The summed E-state index contributed by atoms with van der Waals surface area (Å²) in [4.78, 5) is 8.46. The lowest BCUT2D eigenvalue weighted by Gasteiger charge is -2.26. The summed E-state index contributed by atoms with van der Waals surface area (Å²) in [5, 5.41) is 15.2. The first-order chi connectivity index (χ1) is 14.7. The maximum Gasteiger partial charge on any atom is 0.191 e. The van der Waals surface area contributed by atoms with Gasteiger partial charge in [-0.05, 0) is 32.0 Å². The van der Waals surface area contributed by atoms with Crippen LogP contribution in [-0.2, 0) is 18.3 Å². The van der Waals surface area contributed by atoms with E-state index >= 15 is 0 Å². The quantitative estimate of drug-likeness (QED) is 0.256. The van der Waals surface area contributed by atoms with E-state index in [1.165, 1.54) is 4.90 Å². The zero-order chi connectivity index (χ0) is 21.0. The number of benzene rings is 1. The average Bonchev–Trinajstić information content (AvgIpc) is 3.11. The van der Waals surface area contributed by atoms with E-state index in [0.717, 1.165) is 75.7 Å². The van der Waals surface area contributed by atoms with E-state index in [2.05, 4.69) is 50.0 Å². The highest BCUT2D eigenvalue weighted by Gasteiger charge is 2.10. The van der Waals surface area contributed by atoms with Crippen LogP contribution in [0.15, 0.2) is 40.2 Å². The second-order valence-corrected chi connectivity index (χ2v) is 8.38. The fourth-order valence-electron chi connectivity index (χ4n) is 3.10. The highest BCUT2D eigenvalue weighted by Crippen LogP contribution is 2.15. The Hall–Kier alpha value is -2.10. The molecule has 3 rings (SSSR count). The lowest BCUT2D eigenvalue weighted by Crippen LogP contribution is -2.41. The second-order valence-electron chi connectivity index (χ2n) is 7.21. The summed E-state index contributed by atoms with van der Waals surface area (Å²) in [6, 6.07) is 10.5. The Morgan fingerprint density at radius 1 is 1.13 bits per heavy atom. The lowest BCUT2D eigenvalue weighted by atomic mass is 10.3. The number of thioether (sulfide) groups is 1. The molecule has 8 nitrogen and oxygen atoms in total. The first-order valence-electron chi connectivity index (χ1n) is 10.6. The molecule has 0 aliphatic carbocycles. The Morgan fingerprint density at radius 3 is 2.63 bits per heavy atom. The molecule has 0 amide bonds. The summed E-state index contributed by atoms with van der Waals surface area (Å²) in [7, 11) is 1.97. The average molecular weight is 432 g/mol. The summed E-state index contributed by atoms with van der Waals surface area (Å²) in [6.07, 6.45) is 1.07. The Kier molecular flexibility index (Phi) is 9.46. The number of guanidine groups is 1. The van der Waals surface area contributed by atoms with Gasteiger partial charge in [-0.2, -0.15) is 0 Å². The highest BCUT2D eigenvalue weighted by molar-refractivity contribution is 7.99. The molecule has 1 aliphatic heterocycles. The molecule has 1 saturated heterocycles. The summed E-state index contributed by atoms with van der Waals surface area (Å²) >= 11 is 1.84. The number of hydrogen-bond donors (Lipinski definition) is 2. The zero-order valence-electron chi connectivity index (χ0n) is 18.0. The highest BCUT2D eigenvalue weighted by atomic mass is 32.2. The van der Waals surface area contributed by atoms with Gasteiger partial charge in [0.25, 0.3) is 0 Å². The van der Waals surface area contributed by atoms with Gasteiger partial charge in [0, 0.05) is 43.9 Å². The van der Waals surface area contributed by atoms with Crippen LogP contribution < -0.4 is 10.6 Å². The maximum absolute atomic E-state index is 5.42. The van der Waals surface area contributed by atoms with Crippen LogP contribution in [0.1, 0.15) is 18.1 Å². The van der Waals surface area contributed by atoms with Crippen molar-refractivity contribution < 1.29 is 4.74 Å². The number of aliphatic imine (C=N–C) groups is 1. The van der Waals surface area contributed by atoms with Crippen molar-refractivity contribution in [1.29, 1.82) is 0 Å². The molecule has 2 N–H and O–H groups in total. The summed E-state index contributed by atoms with van der Waals surface area (Å²) < 4.78 is 7.39. The van der Waals surface area contributed by atoms with Crippen LogP contribution in [0.2, 0.25) is 0 Å². The van der Waals surface area contributed by atoms with Gasteiger partial charge < -0.3 is 19.9 Å². The van der Waals surface area contributed by atoms with E-state index in [4.69, 9.17) is 9.73 Å². The normalized spacial score (nSPS) is 15.3. The molecule has 0 unspecified atom stereocenters. The number of ether oxygens (including phenoxy) is 1. The molecule has 2 aromatic rings. The van der Waals surface area contributed by atoms with Crippen LogP contribution in [0.3, 0.4) is 0 Å². The minimum absolute atomic E-state index is 0.502. The zero-order valence-corrected chi connectivity index (χ0v) is 18.8. The first kappa shape index (κ1) is 22.6. The number of morpholine rings is 1. The molecule has 0 saturated carbocycles. The fraction of sp³-hybridized carbons (Fsp3) is 0.571. The van der Waals surface area contributed by atoms with Gasteiger partial charge in [0.2, 0.25) is 0 Å². The third kappa shape index (κ3) is 7.62. The smallest absolute Gasteiger partial charge is 0.191 e. The van der Waals surface area contributed by atoms with E-state index in [9.17, 15) is 0 Å². The molecule has 0 radical (unpaired) electrons. The van der Waals surface area contributed by atoms with Crippen LogP contribution in [0.5, 0.6) is 0 Å². The standard InChI is InChI=1S/C21H33N7OS/c1-18-25-26-20(27(18)2)17-24-21(22-9-6-11-28-12-14-29-15-13-28)23-10-16-30-19-7-4-3-5-8-19/h3-5,7-8H,6,9-17H2,1-2H3,(H2,22,23,24). The van der Waals surface area contributed by atoms with E-state index < -0.39 is 0 Å². The third-order valence-corrected chi connectivity index (χ3v) is 6.03. The second kappa shape index (κ2) is 12.6. The van der Waals surface area contributed by atoms with Gasteiger partial charge in [-0.3, -0.25) is 4.90 Å². The van der Waals surface area contributed by atoms with Crippen molar-refractivity contribution in [2.45, 2.75) is 24.8 Å². The molecule has 30 heavy (non-hydrogen) atoms. The molecule has 9 heteroatoms. The third-order valence-electron chi connectivity index (χ3n) is 5.02. The van der Waals surface area contributed by atoms with Gasteiger partial charge in [-0.1, -0.05) is 18.2 Å². The Bertz CT molecular complexity index is 775. The minimum Gasteiger partial charge on any atom is -0.379 e. The molecule has 1 fully saturated rings. The molecule has 1 aromatic carbocycles. The maximum atomic E-state index is 5.42. The predicted octanol–water partition coefficient (Wildman–Crippen LogP) is 1.67. The van der Waals surface area contributed by atoms with E-state index in [1.807, 2.05) is 36.4 Å². The largest absolute Gasteiger partial charge is 0.379 e. The van der Waals surface area contributed by atoms with Gasteiger partial charge in [0.05, 0.1) is 13.2 Å². The van der Waals surface area contributed by atoms with Gasteiger partial charge in [0.15, 0.2) is 11.8 Å². The molecule has 0 bridgehead atoms. The topological polar surface area (TPSA) is 79.6 Å². The number of nitrogens with one attached hydrogen (secondary N) is 2. The van der Waals surface area contributed by atoms with Crippen molar-refractivity contribution in [3.63, 3.8) is 0 Å². The number of aromatic nitrogens is 3. The van der Waals surface area contributed by atoms with Gasteiger partial charge >= 0.3 is 0 Å². The Morgan fingerprint density at radius 2 is 1.90 bits per heavy atom. The predicted molar refractivity (Wildman–Crippen MR) is 122 cm³/mol.